The number of aromatic amines is 1. The Kier molecular flexibility index (Phi) is 2.90. The lowest BCUT2D eigenvalue weighted by atomic mass is 9.96. The van der Waals surface area contributed by atoms with Gasteiger partial charge in [0, 0.05) is 4.75 Å². The number of benzene rings is 1. The van der Waals surface area contributed by atoms with E-state index in [-0.39, 0.29) is 11.3 Å². The third-order valence-electron chi connectivity index (χ3n) is 4.36. The van der Waals surface area contributed by atoms with Gasteiger partial charge >= 0.3 is 5.97 Å². The summed E-state index contributed by atoms with van der Waals surface area (Å²) in [4.78, 5) is 32.9. The second kappa shape index (κ2) is 4.64. The number of carboxylic acids is 1. The lowest BCUT2D eigenvalue weighted by Gasteiger charge is -2.43. The molecule has 4 rings (SSSR count). The molecular formula is C15H16N4O3S. The molecule has 2 fully saturated rings. The van der Waals surface area contributed by atoms with E-state index in [0.29, 0.717) is 5.95 Å². The number of aromatic nitrogens is 2. The monoisotopic (exact) mass is 332 g/mol. The van der Waals surface area contributed by atoms with Gasteiger partial charge in [-0.25, -0.2) is 9.78 Å². The molecule has 0 aliphatic carbocycles. The summed E-state index contributed by atoms with van der Waals surface area (Å²) in [7, 11) is 0. The number of nitrogens with zero attached hydrogens (tertiary/aromatic N) is 2. The van der Waals surface area contributed by atoms with Crippen LogP contribution in [-0.4, -0.2) is 54.1 Å². The van der Waals surface area contributed by atoms with Crippen LogP contribution < -0.4 is 5.32 Å². The zero-order chi connectivity index (χ0) is 16.4. The fourth-order valence-corrected chi connectivity index (χ4v) is 4.94. The minimum absolute atomic E-state index is 0.188. The molecule has 2 aromatic rings. The smallest absolute Gasteiger partial charge is 0.327 e. The van der Waals surface area contributed by atoms with Gasteiger partial charge < -0.3 is 20.3 Å². The van der Waals surface area contributed by atoms with E-state index >= 15 is 0 Å². The highest BCUT2D eigenvalue weighted by Crippen LogP contribution is 2.51. The Morgan fingerprint density at radius 2 is 2.17 bits per heavy atom. The Morgan fingerprint density at radius 3 is 2.87 bits per heavy atom. The summed E-state index contributed by atoms with van der Waals surface area (Å²) >= 11 is 1.51. The van der Waals surface area contributed by atoms with Crippen molar-refractivity contribution in [3.8, 4) is 0 Å². The molecule has 3 N–H and O–H groups in total. The van der Waals surface area contributed by atoms with Crippen LogP contribution in [0.15, 0.2) is 24.3 Å². The zero-order valence-corrected chi connectivity index (χ0v) is 13.4. The number of anilines is 1. The average molecular weight is 332 g/mol. The van der Waals surface area contributed by atoms with E-state index in [2.05, 4.69) is 15.3 Å². The summed E-state index contributed by atoms with van der Waals surface area (Å²) in [5.74, 6) is -0.622. The van der Waals surface area contributed by atoms with Crippen molar-refractivity contribution in [2.75, 3.05) is 5.32 Å². The fraction of sp³-hybridized carbons (Fsp3) is 0.400. The van der Waals surface area contributed by atoms with Crippen LogP contribution >= 0.6 is 11.8 Å². The van der Waals surface area contributed by atoms with Crippen LogP contribution in [-0.2, 0) is 9.59 Å². The van der Waals surface area contributed by atoms with Crippen LogP contribution in [0.4, 0.5) is 5.95 Å². The Labute approximate surface area is 136 Å². The first-order valence-corrected chi connectivity index (χ1v) is 8.20. The number of rotatable bonds is 3. The summed E-state index contributed by atoms with van der Waals surface area (Å²) in [6.07, 6.45) is 0. The maximum atomic E-state index is 12.4. The summed E-state index contributed by atoms with van der Waals surface area (Å²) in [6.45, 7) is 3.72. The SMILES string of the molecule is CC1(C)S[C@H]2C(Nc3nc4ccccc4[nH]3)C(=O)N2C1C(=O)O. The van der Waals surface area contributed by atoms with Gasteiger partial charge in [-0.2, -0.15) is 0 Å². The molecule has 3 heterocycles. The van der Waals surface area contributed by atoms with Gasteiger partial charge in [-0.1, -0.05) is 12.1 Å². The number of nitrogens with one attached hydrogen (secondary N) is 2. The van der Waals surface area contributed by atoms with Crippen LogP contribution in [0.5, 0.6) is 0 Å². The Hall–Kier alpha value is -2.22. The van der Waals surface area contributed by atoms with Crippen molar-refractivity contribution in [2.24, 2.45) is 0 Å². The third kappa shape index (κ3) is 2.01. The van der Waals surface area contributed by atoms with E-state index in [1.807, 2.05) is 38.1 Å². The van der Waals surface area contributed by atoms with Gasteiger partial charge in [-0.3, -0.25) is 4.79 Å². The van der Waals surface area contributed by atoms with Crippen LogP contribution in [0.25, 0.3) is 11.0 Å². The van der Waals surface area contributed by atoms with E-state index < -0.39 is 22.8 Å². The highest BCUT2D eigenvalue weighted by molar-refractivity contribution is 8.01. The molecule has 2 unspecified atom stereocenters. The summed E-state index contributed by atoms with van der Waals surface area (Å²) in [5.41, 5.74) is 1.71. The maximum Gasteiger partial charge on any atom is 0.327 e. The van der Waals surface area contributed by atoms with E-state index in [4.69, 9.17) is 0 Å². The van der Waals surface area contributed by atoms with Crippen molar-refractivity contribution in [2.45, 2.75) is 36.1 Å². The number of aliphatic carboxylic acids is 1. The molecule has 0 radical (unpaired) electrons. The molecular weight excluding hydrogens is 316 g/mol. The number of hydrogen-bond acceptors (Lipinski definition) is 5. The molecule has 120 valence electrons. The van der Waals surface area contributed by atoms with Crippen molar-refractivity contribution in [1.82, 2.24) is 14.9 Å². The predicted octanol–water partition coefficient (Wildman–Crippen LogP) is 1.49. The van der Waals surface area contributed by atoms with Gasteiger partial charge in [-0.15, -0.1) is 11.8 Å². The van der Waals surface area contributed by atoms with Crippen molar-refractivity contribution >= 4 is 40.6 Å². The number of imidazole rings is 1. The molecule has 8 heteroatoms. The topological polar surface area (TPSA) is 98.3 Å². The number of amides is 1. The lowest BCUT2D eigenvalue weighted by molar-refractivity contribution is -0.158. The number of thioether (sulfide) groups is 1. The van der Waals surface area contributed by atoms with Gasteiger partial charge in [0.1, 0.15) is 17.5 Å². The molecule has 7 nitrogen and oxygen atoms in total. The number of β-lactam (4-membered cyclic amide) rings is 1. The largest absolute Gasteiger partial charge is 0.480 e. The zero-order valence-electron chi connectivity index (χ0n) is 12.6. The Morgan fingerprint density at radius 1 is 1.43 bits per heavy atom. The summed E-state index contributed by atoms with van der Waals surface area (Å²) in [5, 5.41) is 12.3. The highest BCUT2D eigenvalue weighted by atomic mass is 32.2. The normalized spacial score (nSPS) is 28.5. The number of carboxylic acid groups (broad SMARTS) is 1. The molecule has 0 saturated carbocycles. The lowest BCUT2D eigenvalue weighted by Crippen LogP contribution is -2.68. The van der Waals surface area contributed by atoms with Crippen LogP contribution in [0.1, 0.15) is 13.8 Å². The first kappa shape index (κ1) is 14.4. The molecule has 1 aromatic carbocycles. The first-order chi connectivity index (χ1) is 10.9. The van der Waals surface area contributed by atoms with Crippen molar-refractivity contribution in [3.63, 3.8) is 0 Å². The van der Waals surface area contributed by atoms with Crippen LogP contribution in [0.2, 0.25) is 0 Å². The molecule has 23 heavy (non-hydrogen) atoms. The van der Waals surface area contributed by atoms with Crippen molar-refractivity contribution < 1.29 is 14.7 Å². The molecule has 0 bridgehead atoms. The number of fused-ring (bicyclic) bond motifs is 2. The molecule has 1 aromatic heterocycles. The Balaban J connectivity index is 1.58. The fourth-order valence-electron chi connectivity index (χ4n) is 3.31. The van der Waals surface area contributed by atoms with Crippen molar-refractivity contribution in [1.29, 1.82) is 0 Å². The summed E-state index contributed by atoms with van der Waals surface area (Å²) in [6, 6.07) is 6.36. The average Bonchev–Trinajstić information content (AvgIpc) is 3.00. The molecule has 2 saturated heterocycles. The van der Waals surface area contributed by atoms with Gasteiger partial charge in [0.2, 0.25) is 11.9 Å². The van der Waals surface area contributed by atoms with E-state index in [0.717, 1.165) is 11.0 Å². The number of carbonyl (C=O) groups excluding carboxylic acids is 1. The number of para-hydroxylation sites is 2. The molecule has 2 aliphatic heterocycles. The molecule has 3 atom stereocenters. The standard InChI is InChI=1S/C15H16N4O3S/c1-15(2)10(13(21)22)19-11(20)9(12(19)23-15)18-14-16-7-5-3-4-6-8(7)17-14/h3-6,9-10,12H,1-2H3,(H,21,22)(H2,16,17,18)/t9?,10?,12-/m0/s1. The third-order valence-corrected chi connectivity index (χ3v) is 5.93. The summed E-state index contributed by atoms with van der Waals surface area (Å²) < 4.78 is -0.517. The first-order valence-electron chi connectivity index (χ1n) is 7.32. The van der Waals surface area contributed by atoms with Crippen LogP contribution in [0, 0.1) is 0 Å². The predicted molar refractivity (Wildman–Crippen MR) is 87.2 cm³/mol. The van der Waals surface area contributed by atoms with Crippen LogP contribution in [0.3, 0.4) is 0 Å². The van der Waals surface area contributed by atoms with Gasteiger partial charge in [0.25, 0.3) is 0 Å². The minimum Gasteiger partial charge on any atom is -0.480 e. The number of H-pyrrole nitrogens is 1. The number of hydrogen-bond donors (Lipinski definition) is 3. The van der Waals surface area contributed by atoms with Crippen molar-refractivity contribution in [3.05, 3.63) is 24.3 Å². The molecule has 0 spiro atoms. The van der Waals surface area contributed by atoms with Gasteiger partial charge in [0.05, 0.1) is 11.0 Å². The van der Waals surface area contributed by atoms with Gasteiger partial charge in [0.15, 0.2) is 0 Å². The number of carbonyl (C=O) groups is 2. The molecule has 1 amide bonds. The molecule has 2 aliphatic rings. The minimum atomic E-state index is -0.958. The highest BCUT2D eigenvalue weighted by Gasteiger charge is 2.64. The second-order valence-corrected chi connectivity index (χ2v) is 8.09. The van der Waals surface area contributed by atoms with E-state index in [1.54, 1.807) is 0 Å². The van der Waals surface area contributed by atoms with E-state index in [9.17, 15) is 14.7 Å². The second-order valence-electron chi connectivity index (χ2n) is 6.32. The maximum absolute atomic E-state index is 12.4. The van der Waals surface area contributed by atoms with E-state index in [1.165, 1.54) is 16.7 Å². The van der Waals surface area contributed by atoms with Gasteiger partial charge in [-0.05, 0) is 26.0 Å². The Bertz CT molecular complexity index is 785. The quantitative estimate of drug-likeness (QED) is 0.737.